The minimum atomic E-state index is -0.500. The van der Waals surface area contributed by atoms with Gasteiger partial charge in [0.05, 0.1) is 11.7 Å². The highest BCUT2D eigenvalue weighted by Crippen LogP contribution is 2.31. The predicted octanol–water partition coefficient (Wildman–Crippen LogP) is 4.87. The van der Waals surface area contributed by atoms with Crippen molar-refractivity contribution in [3.63, 3.8) is 0 Å². The first-order valence-electron chi connectivity index (χ1n) is 9.40. The molecule has 0 radical (unpaired) electrons. The lowest BCUT2D eigenvalue weighted by molar-refractivity contribution is 0.0505. The maximum atomic E-state index is 14.0. The van der Waals surface area contributed by atoms with Crippen LogP contribution >= 0.6 is 15.9 Å². The molecule has 0 N–H and O–H groups in total. The molecule has 9 heteroatoms. The van der Waals surface area contributed by atoms with Crippen molar-refractivity contribution < 1.29 is 23.4 Å². The first kappa shape index (κ1) is 21.3. The summed E-state index contributed by atoms with van der Waals surface area (Å²) in [7, 11) is 0. The molecule has 0 atom stereocenters. The molecular formula is C20H23BrFN3O4. The van der Waals surface area contributed by atoms with E-state index in [1.54, 1.807) is 17.9 Å². The molecule has 1 amide bonds. The molecule has 1 saturated heterocycles. The van der Waals surface area contributed by atoms with E-state index in [1.165, 1.54) is 18.5 Å². The molecule has 0 spiro atoms. The van der Waals surface area contributed by atoms with E-state index in [1.807, 2.05) is 13.8 Å². The lowest BCUT2D eigenvalue weighted by Gasteiger charge is -2.31. The summed E-state index contributed by atoms with van der Waals surface area (Å²) in [5.74, 6) is 0.184. The zero-order valence-corrected chi connectivity index (χ0v) is 18.1. The van der Waals surface area contributed by atoms with Crippen LogP contribution in [0, 0.1) is 12.7 Å². The molecule has 2 aromatic rings. The Kier molecular flexibility index (Phi) is 6.89. The van der Waals surface area contributed by atoms with Crippen molar-refractivity contribution in [2.24, 2.45) is 0 Å². The van der Waals surface area contributed by atoms with E-state index in [0.29, 0.717) is 41.8 Å². The van der Waals surface area contributed by atoms with E-state index in [9.17, 15) is 9.18 Å². The van der Waals surface area contributed by atoms with Crippen molar-refractivity contribution in [3.8, 4) is 17.5 Å². The Morgan fingerprint density at radius 2 is 1.93 bits per heavy atom. The van der Waals surface area contributed by atoms with Gasteiger partial charge in [0.1, 0.15) is 12.4 Å². The largest absolute Gasteiger partial charge is 0.474 e. The van der Waals surface area contributed by atoms with Gasteiger partial charge >= 0.3 is 6.09 Å². The summed E-state index contributed by atoms with van der Waals surface area (Å²) < 4.78 is 31.5. The smallest absolute Gasteiger partial charge is 0.410 e. The number of carbonyl (C=O) groups is 1. The van der Waals surface area contributed by atoms with E-state index in [-0.39, 0.29) is 29.9 Å². The fourth-order valence-corrected chi connectivity index (χ4v) is 3.23. The second-order valence-corrected chi connectivity index (χ2v) is 7.94. The Balaban J connectivity index is 1.62. The molecule has 2 heterocycles. The number of hydrogen-bond acceptors (Lipinski definition) is 6. The van der Waals surface area contributed by atoms with Crippen molar-refractivity contribution >= 4 is 22.0 Å². The molecule has 1 fully saturated rings. The third kappa shape index (κ3) is 5.56. The molecule has 1 aliphatic heterocycles. The first-order valence-corrected chi connectivity index (χ1v) is 10.2. The standard InChI is InChI=1S/C20H23BrFN3O4/c1-12(2)27-20(26)25-8-6-15(7-9-25)28-18-13(3)19(24-11-23-18)29-17-5-4-14(21)10-16(17)22/h4-5,10-12,15H,6-9H2,1-3H3. The minimum absolute atomic E-state index is 0.0675. The number of piperidine rings is 1. The van der Waals surface area contributed by atoms with Gasteiger partial charge in [-0.15, -0.1) is 0 Å². The van der Waals surface area contributed by atoms with Crippen LogP contribution in [0.2, 0.25) is 0 Å². The Morgan fingerprint density at radius 3 is 2.59 bits per heavy atom. The third-order valence-corrected chi connectivity index (χ3v) is 4.90. The topological polar surface area (TPSA) is 73.8 Å². The summed E-state index contributed by atoms with van der Waals surface area (Å²) in [5, 5.41) is 0. The summed E-state index contributed by atoms with van der Waals surface area (Å²) in [4.78, 5) is 21.9. The summed E-state index contributed by atoms with van der Waals surface area (Å²) >= 11 is 3.21. The average Bonchev–Trinajstić information content (AvgIpc) is 2.67. The average molecular weight is 468 g/mol. The Labute approximate surface area is 177 Å². The van der Waals surface area contributed by atoms with Gasteiger partial charge in [0.2, 0.25) is 11.8 Å². The quantitative estimate of drug-likeness (QED) is 0.624. The Hall–Kier alpha value is -2.42. The third-order valence-electron chi connectivity index (χ3n) is 4.41. The summed E-state index contributed by atoms with van der Waals surface area (Å²) in [6.45, 7) is 6.51. The Bertz CT molecular complexity index is 873. The van der Waals surface area contributed by atoms with Gasteiger partial charge in [0.25, 0.3) is 0 Å². The molecule has 7 nitrogen and oxygen atoms in total. The zero-order valence-electron chi connectivity index (χ0n) is 16.5. The van der Waals surface area contributed by atoms with E-state index in [4.69, 9.17) is 14.2 Å². The van der Waals surface area contributed by atoms with Crippen LogP contribution < -0.4 is 9.47 Å². The van der Waals surface area contributed by atoms with Gasteiger partial charge in [-0.3, -0.25) is 0 Å². The number of carbonyl (C=O) groups excluding carboxylic acids is 1. The van der Waals surface area contributed by atoms with Gasteiger partial charge in [-0.05, 0) is 39.0 Å². The van der Waals surface area contributed by atoms with Crippen LogP contribution in [0.5, 0.6) is 17.5 Å². The van der Waals surface area contributed by atoms with Gasteiger partial charge in [-0.1, -0.05) is 15.9 Å². The van der Waals surface area contributed by atoms with Crippen LogP contribution in [0.1, 0.15) is 32.3 Å². The van der Waals surface area contributed by atoms with Gasteiger partial charge in [0, 0.05) is 30.4 Å². The molecule has 156 valence electrons. The summed E-state index contributed by atoms with van der Waals surface area (Å²) in [6, 6.07) is 4.53. The van der Waals surface area contributed by atoms with Crippen LogP contribution in [0.15, 0.2) is 29.0 Å². The zero-order chi connectivity index (χ0) is 21.0. The Morgan fingerprint density at radius 1 is 1.24 bits per heavy atom. The number of nitrogens with zero attached hydrogens (tertiary/aromatic N) is 3. The van der Waals surface area contributed by atoms with Gasteiger partial charge in [-0.2, -0.15) is 0 Å². The lowest BCUT2D eigenvalue weighted by atomic mass is 10.1. The monoisotopic (exact) mass is 467 g/mol. The van der Waals surface area contributed by atoms with Crippen molar-refractivity contribution in [1.29, 1.82) is 0 Å². The summed E-state index contributed by atoms with van der Waals surface area (Å²) in [5.41, 5.74) is 0.580. The maximum Gasteiger partial charge on any atom is 0.410 e. The maximum absolute atomic E-state index is 14.0. The number of benzene rings is 1. The van der Waals surface area contributed by atoms with E-state index >= 15 is 0 Å². The molecule has 0 aliphatic carbocycles. The number of aromatic nitrogens is 2. The van der Waals surface area contributed by atoms with Crippen LogP contribution in [0.3, 0.4) is 0 Å². The lowest BCUT2D eigenvalue weighted by Crippen LogP contribution is -2.42. The van der Waals surface area contributed by atoms with Crippen molar-refractivity contribution in [1.82, 2.24) is 14.9 Å². The van der Waals surface area contributed by atoms with E-state index in [2.05, 4.69) is 25.9 Å². The second-order valence-electron chi connectivity index (χ2n) is 7.02. The van der Waals surface area contributed by atoms with E-state index < -0.39 is 5.82 Å². The fraction of sp³-hybridized carbons (Fsp3) is 0.450. The second kappa shape index (κ2) is 9.39. The number of halogens is 2. The van der Waals surface area contributed by atoms with Crippen molar-refractivity contribution in [2.75, 3.05) is 13.1 Å². The molecule has 1 aliphatic rings. The molecule has 0 bridgehead atoms. The van der Waals surface area contributed by atoms with E-state index in [0.717, 1.165) is 0 Å². The molecule has 0 unspecified atom stereocenters. The molecule has 1 aromatic heterocycles. The van der Waals surface area contributed by atoms with Crippen LogP contribution in [-0.4, -0.2) is 46.3 Å². The van der Waals surface area contributed by atoms with Crippen molar-refractivity contribution in [2.45, 2.75) is 45.8 Å². The van der Waals surface area contributed by atoms with Gasteiger partial charge in [-0.25, -0.2) is 19.2 Å². The van der Waals surface area contributed by atoms with Gasteiger partial charge < -0.3 is 19.1 Å². The highest BCUT2D eigenvalue weighted by molar-refractivity contribution is 9.10. The fourth-order valence-electron chi connectivity index (χ4n) is 2.89. The summed E-state index contributed by atoms with van der Waals surface area (Å²) in [6.07, 6.45) is 2.10. The van der Waals surface area contributed by atoms with Gasteiger partial charge in [0.15, 0.2) is 11.6 Å². The number of likely N-dealkylation sites (tertiary alicyclic amines) is 1. The first-order chi connectivity index (χ1) is 13.8. The minimum Gasteiger partial charge on any atom is -0.474 e. The van der Waals surface area contributed by atoms with Crippen LogP contribution in [-0.2, 0) is 4.74 Å². The van der Waals surface area contributed by atoms with Crippen LogP contribution in [0.25, 0.3) is 0 Å². The highest BCUT2D eigenvalue weighted by Gasteiger charge is 2.26. The number of amides is 1. The number of hydrogen-bond donors (Lipinski definition) is 0. The molecule has 3 rings (SSSR count). The molecule has 0 saturated carbocycles. The number of rotatable bonds is 5. The normalized spacial score (nSPS) is 14.8. The molecular weight excluding hydrogens is 445 g/mol. The molecule has 1 aromatic carbocycles. The predicted molar refractivity (Wildman–Crippen MR) is 108 cm³/mol. The van der Waals surface area contributed by atoms with Crippen molar-refractivity contribution in [3.05, 3.63) is 40.4 Å². The number of ether oxygens (including phenoxy) is 3. The SMILES string of the molecule is Cc1c(Oc2ccc(Br)cc2F)ncnc1OC1CCN(C(=O)OC(C)C)CC1. The highest BCUT2D eigenvalue weighted by atomic mass is 79.9. The van der Waals surface area contributed by atoms with Crippen LogP contribution in [0.4, 0.5) is 9.18 Å². The molecule has 29 heavy (non-hydrogen) atoms.